The second-order valence-corrected chi connectivity index (χ2v) is 2.93. The smallest absolute Gasteiger partial charge is 0.244 e. The van der Waals surface area contributed by atoms with Gasteiger partial charge in [0.25, 0.3) is 0 Å². The molecular weight excluding hydrogens is 164 g/mol. The summed E-state index contributed by atoms with van der Waals surface area (Å²) in [6.45, 7) is 0. The van der Waals surface area contributed by atoms with Crippen molar-refractivity contribution in [1.82, 2.24) is 10.9 Å². The lowest BCUT2D eigenvalue weighted by Gasteiger charge is -1.96. The van der Waals surface area contributed by atoms with Crippen molar-refractivity contribution in [2.24, 2.45) is 0 Å². The molecule has 66 valence electrons. The lowest BCUT2D eigenvalue weighted by atomic mass is 10.2. The largest absolute Gasteiger partial charge is 0.302 e. The van der Waals surface area contributed by atoms with Gasteiger partial charge >= 0.3 is 0 Å². The third kappa shape index (κ3) is 1.87. The Morgan fingerprint density at radius 2 is 1.92 bits per heavy atom. The van der Waals surface area contributed by atoms with Gasteiger partial charge in [-0.05, 0) is 11.6 Å². The predicted molar refractivity (Wildman–Crippen MR) is 50.3 cm³/mol. The third-order valence-electron chi connectivity index (χ3n) is 1.85. The second kappa shape index (κ2) is 3.31. The van der Waals surface area contributed by atoms with Gasteiger partial charge in [-0.1, -0.05) is 30.3 Å². The molecule has 1 aliphatic heterocycles. The molecule has 1 amide bonds. The average Bonchev–Trinajstić information content (AvgIpc) is 2.53. The second-order valence-electron chi connectivity index (χ2n) is 2.93. The molecule has 13 heavy (non-hydrogen) atoms. The van der Waals surface area contributed by atoms with Crippen molar-refractivity contribution < 1.29 is 4.79 Å². The molecule has 1 heterocycles. The minimum absolute atomic E-state index is 0.0159. The van der Waals surface area contributed by atoms with Crippen molar-refractivity contribution in [3.8, 4) is 0 Å². The van der Waals surface area contributed by atoms with Crippen molar-refractivity contribution in [3.63, 3.8) is 0 Å². The van der Waals surface area contributed by atoms with Gasteiger partial charge in [-0.2, -0.15) is 0 Å². The molecule has 3 nitrogen and oxygen atoms in total. The monoisotopic (exact) mass is 174 g/mol. The van der Waals surface area contributed by atoms with Gasteiger partial charge in [0.1, 0.15) is 0 Å². The molecule has 0 radical (unpaired) electrons. The summed E-state index contributed by atoms with van der Waals surface area (Å²) in [5, 5.41) is 0. The summed E-state index contributed by atoms with van der Waals surface area (Å²) >= 11 is 0. The number of hydrazine groups is 1. The molecule has 0 bridgehead atoms. The predicted octanol–water partition coefficient (Wildman–Crippen LogP) is 1.05. The van der Waals surface area contributed by atoms with Crippen molar-refractivity contribution in [1.29, 1.82) is 0 Å². The molecule has 0 aliphatic carbocycles. The first-order valence-electron chi connectivity index (χ1n) is 4.15. The Balaban J connectivity index is 2.17. The van der Waals surface area contributed by atoms with Crippen LogP contribution in [-0.4, -0.2) is 5.91 Å². The summed E-state index contributed by atoms with van der Waals surface area (Å²) in [5.41, 5.74) is 7.36. The van der Waals surface area contributed by atoms with Crippen LogP contribution in [0, 0.1) is 0 Å². The van der Waals surface area contributed by atoms with Gasteiger partial charge in [0.2, 0.25) is 5.91 Å². The van der Waals surface area contributed by atoms with E-state index in [-0.39, 0.29) is 5.91 Å². The van der Waals surface area contributed by atoms with Gasteiger partial charge in [0.15, 0.2) is 0 Å². The van der Waals surface area contributed by atoms with E-state index in [9.17, 15) is 4.79 Å². The molecule has 0 spiro atoms. The quantitative estimate of drug-likeness (QED) is 0.668. The Kier molecular flexibility index (Phi) is 2.00. The first-order valence-corrected chi connectivity index (χ1v) is 4.15. The van der Waals surface area contributed by atoms with Crippen LogP contribution in [0.3, 0.4) is 0 Å². The van der Waals surface area contributed by atoms with Crippen molar-refractivity contribution in [2.75, 3.05) is 0 Å². The highest BCUT2D eigenvalue weighted by atomic mass is 16.2. The Morgan fingerprint density at radius 1 is 1.15 bits per heavy atom. The van der Waals surface area contributed by atoms with Crippen molar-refractivity contribution in [2.45, 2.75) is 6.42 Å². The van der Waals surface area contributed by atoms with E-state index in [4.69, 9.17) is 0 Å². The summed E-state index contributed by atoms with van der Waals surface area (Å²) < 4.78 is 0. The van der Waals surface area contributed by atoms with Gasteiger partial charge in [0, 0.05) is 5.70 Å². The number of amides is 1. The molecule has 3 heteroatoms. The molecular formula is C10H10N2O. The number of hydrogen-bond donors (Lipinski definition) is 2. The molecule has 1 saturated heterocycles. The van der Waals surface area contributed by atoms with Crippen LogP contribution in [-0.2, 0) is 4.79 Å². The normalized spacial score (nSPS) is 18.5. The molecule has 0 saturated carbocycles. The van der Waals surface area contributed by atoms with E-state index in [0.717, 1.165) is 11.3 Å². The number of rotatable bonds is 1. The lowest BCUT2D eigenvalue weighted by Crippen LogP contribution is -2.24. The van der Waals surface area contributed by atoms with Gasteiger partial charge < -0.3 is 5.43 Å². The molecule has 1 aromatic carbocycles. The summed E-state index contributed by atoms with van der Waals surface area (Å²) in [5.74, 6) is 0.0159. The fraction of sp³-hybridized carbons (Fsp3) is 0.100. The van der Waals surface area contributed by atoms with Crippen LogP contribution < -0.4 is 10.9 Å². The zero-order chi connectivity index (χ0) is 9.10. The van der Waals surface area contributed by atoms with Crippen LogP contribution in [0.15, 0.2) is 36.0 Å². The van der Waals surface area contributed by atoms with Gasteiger partial charge in [0.05, 0.1) is 6.42 Å². The summed E-state index contributed by atoms with van der Waals surface area (Å²) in [7, 11) is 0. The standard InChI is InChI=1S/C10H10N2O/c13-10-7-9(11-12-10)6-8-4-2-1-3-5-8/h1-6,11H,7H2,(H,12,13). The summed E-state index contributed by atoms with van der Waals surface area (Å²) in [4.78, 5) is 10.8. The van der Waals surface area contributed by atoms with Crippen LogP contribution in [0.2, 0.25) is 0 Å². The van der Waals surface area contributed by atoms with Gasteiger partial charge in [-0.3, -0.25) is 10.2 Å². The number of nitrogens with one attached hydrogen (secondary N) is 2. The van der Waals surface area contributed by atoms with Crippen molar-refractivity contribution in [3.05, 3.63) is 41.6 Å². The Bertz CT molecular complexity index is 343. The minimum Gasteiger partial charge on any atom is -0.302 e. The zero-order valence-electron chi connectivity index (χ0n) is 7.08. The topological polar surface area (TPSA) is 41.1 Å². The lowest BCUT2D eigenvalue weighted by molar-refractivity contribution is -0.119. The van der Waals surface area contributed by atoms with Crippen LogP contribution in [0.5, 0.6) is 0 Å². The molecule has 2 N–H and O–H groups in total. The highest BCUT2D eigenvalue weighted by molar-refractivity contribution is 5.82. The Morgan fingerprint density at radius 3 is 2.54 bits per heavy atom. The molecule has 2 rings (SSSR count). The van der Waals surface area contributed by atoms with E-state index < -0.39 is 0 Å². The van der Waals surface area contributed by atoms with Gasteiger partial charge in [-0.15, -0.1) is 0 Å². The van der Waals surface area contributed by atoms with E-state index in [1.54, 1.807) is 0 Å². The van der Waals surface area contributed by atoms with Crippen LogP contribution in [0.25, 0.3) is 6.08 Å². The number of carbonyl (C=O) groups is 1. The van der Waals surface area contributed by atoms with E-state index in [1.165, 1.54) is 0 Å². The van der Waals surface area contributed by atoms with Crippen molar-refractivity contribution >= 4 is 12.0 Å². The van der Waals surface area contributed by atoms with Crippen LogP contribution >= 0.6 is 0 Å². The molecule has 1 aromatic rings. The third-order valence-corrected chi connectivity index (χ3v) is 1.85. The van der Waals surface area contributed by atoms with Crippen LogP contribution in [0.1, 0.15) is 12.0 Å². The van der Waals surface area contributed by atoms with Crippen LogP contribution in [0.4, 0.5) is 0 Å². The molecule has 0 aromatic heterocycles. The molecule has 1 aliphatic rings. The minimum atomic E-state index is 0.0159. The molecule has 0 atom stereocenters. The molecule has 0 unspecified atom stereocenters. The zero-order valence-corrected chi connectivity index (χ0v) is 7.08. The number of hydrogen-bond acceptors (Lipinski definition) is 2. The first-order chi connectivity index (χ1) is 6.34. The van der Waals surface area contributed by atoms with E-state index in [1.807, 2.05) is 36.4 Å². The maximum atomic E-state index is 10.8. The number of carbonyl (C=O) groups excluding carboxylic acids is 1. The van der Waals surface area contributed by atoms with E-state index in [2.05, 4.69) is 10.9 Å². The number of benzene rings is 1. The SMILES string of the molecule is O=C1CC(=Cc2ccccc2)NN1. The first kappa shape index (κ1) is 7.86. The Labute approximate surface area is 76.4 Å². The van der Waals surface area contributed by atoms with Gasteiger partial charge in [-0.25, -0.2) is 0 Å². The summed E-state index contributed by atoms with van der Waals surface area (Å²) in [6.07, 6.45) is 2.40. The van der Waals surface area contributed by atoms with E-state index >= 15 is 0 Å². The average molecular weight is 174 g/mol. The summed E-state index contributed by atoms with van der Waals surface area (Å²) in [6, 6.07) is 9.90. The molecule has 1 fully saturated rings. The fourth-order valence-corrected chi connectivity index (χ4v) is 1.25. The highest BCUT2D eigenvalue weighted by Gasteiger charge is 2.12. The highest BCUT2D eigenvalue weighted by Crippen LogP contribution is 2.09. The van der Waals surface area contributed by atoms with E-state index in [0.29, 0.717) is 6.42 Å². The Hall–Kier alpha value is -1.77. The fourth-order valence-electron chi connectivity index (χ4n) is 1.25. The maximum Gasteiger partial charge on any atom is 0.244 e. The maximum absolute atomic E-state index is 10.8.